The number of carboxylic acids is 1. The Balaban J connectivity index is 1.99. The van der Waals surface area contributed by atoms with Crippen molar-refractivity contribution < 1.29 is 9.90 Å². The number of carbonyl (C=O) groups is 1. The first-order valence-corrected chi connectivity index (χ1v) is 5.41. The van der Waals surface area contributed by atoms with Gasteiger partial charge in [-0.05, 0) is 25.9 Å². The molecule has 14 heavy (non-hydrogen) atoms. The molecular formula is C10H18N2O2. The summed E-state index contributed by atoms with van der Waals surface area (Å²) >= 11 is 0. The van der Waals surface area contributed by atoms with Crippen LogP contribution in [-0.4, -0.2) is 47.7 Å². The molecule has 0 aromatic heterocycles. The highest BCUT2D eigenvalue weighted by molar-refractivity contribution is 5.68. The third kappa shape index (κ3) is 1.77. The van der Waals surface area contributed by atoms with Gasteiger partial charge in [-0.2, -0.15) is 0 Å². The number of aliphatic carboxylic acids is 1. The standard InChI is InChI=1S/C10H18N2O2/c13-9(14)6-10(7-11-8-10)12-4-2-1-3-5-12/h11H,1-8H2,(H,13,14). The second-order valence-corrected chi connectivity index (χ2v) is 4.45. The minimum atomic E-state index is -0.669. The molecule has 4 heteroatoms. The maximum atomic E-state index is 10.8. The summed E-state index contributed by atoms with van der Waals surface area (Å²) in [7, 11) is 0. The number of hydrogen-bond donors (Lipinski definition) is 2. The zero-order valence-electron chi connectivity index (χ0n) is 8.46. The van der Waals surface area contributed by atoms with E-state index in [-0.39, 0.29) is 5.54 Å². The molecule has 2 saturated heterocycles. The zero-order chi connectivity index (χ0) is 10.0. The Kier molecular flexibility index (Phi) is 2.74. The number of likely N-dealkylation sites (tertiary alicyclic amines) is 1. The quantitative estimate of drug-likeness (QED) is 0.684. The first-order chi connectivity index (χ1) is 6.73. The van der Waals surface area contributed by atoms with Gasteiger partial charge in [0.25, 0.3) is 0 Å². The van der Waals surface area contributed by atoms with E-state index < -0.39 is 5.97 Å². The molecule has 2 fully saturated rings. The van der Waals surface area contributed by atoms with Crippen LogP contribution in [0, 0.1) is 0 Å². The van der Waals surface area contributed by atoms with Crippen molar-refractivity contribution in [3.63, 3.8) is 0 Å². The van der Waals surface area contributed by atoms with Gasteiger partial charge < -0.3 is 10.4 Å². The fourth-order valence-electron chi connectivity index (χ4n) is 2.52. The number of piperidine rings is 1. The van der Waals surface area contributed by atoms with Crippen LogP contribution in [0.25, 0.3) is 0 Å². The molecule has 0 saturated carbocycles. The molecule has 2 aliphatic heterocycles. The zero-order valence-corrected chi connectivity index (χ0v) is 8.46. The first-order valence-electron chi connectivity index (χ1n) is 5.41. The Hall–Kier alpha value is -0.610. The molecule has 0 unspecified atom stereocenters. The summed E-state index contributed by atoms with van der Waals surface area (Å²) in [5, 5.41) is 12.1. The molecule has 0 aromatic rings. The van der Waals surface area contributed by atoms with E-state index in [1.54, 1.807) is 0 Å². The van der Waals surface area contributed by atoms with Gasteiger partial charge >= 0.3 is 5.97 Å². The van der Waals surface area contributed by atoms with Crippen LogP contribution in [0.3, 0.4) is 0 Å². The summed E-state index contributed by atoms with van der Waals surface area (Å²) in [6.07, 6.45) is 4.04. The van der Waals surface area contributed by atoms with Gasteiger partial charge in [0, 0.05) is 13.1 Å². The number of rotatable bonds is 3. The van der Waals surface area contributed by atoms with Crippen molar-refractivity contribution in [1.29, 1.82) is 0 Å². The van der Waals surface area contributed by atoms with Gasteiger partial charge in [-0.25, -0.2) is 0 Å². The molecule has 2 N–H and O–H groups in total. The second kappa shape index (κ2) is 3.87. The van der Waals surface area contributed by atoms with Gasteiger partial charge in [-0.3, -0.25) is 9.69 Å². The highest BCUT2D eigenvalue weighted by atomic mass is 16.4. The van der Waals surface area contributed by atoms with Crippen molar-refractivity contribution in [2.75, 3.05) is 26.2 Å². The fourth-order valence-corrected chi connectivity index (χ4v) is 2.52. The topological polar surface area (TPSA) is 52.6 Å². The van der Waals surface area contributed by atoms with Crippen molar-refractivity contribution >= 4 is 5.97 Å². The van der Waals surface area contributed by atoms with Crippen LogP contribution in [0.15, 0.2) is 0 Å². The van der Waals surface area contributed by atoms with Gasteiger partial charge in [0.2, 0.25) is 0 Å². The van der Waals surface area contributed by atoms with Crippen LogP contribution < -0.4 is 5.32 Å². The van der Waals surface area contributed by atoms with Crippen LogP contribution in [0.4, 0.5) is 0 Å². The summed E-state index contributed by atoms with van der Waals surface area (Å²) < 4.78 is 0. The van der Waals surface area contributed by atoms with Crippen molar-refractivity contribution in [3.8, 4) is 0 Å². The summed E-state index contributed by atoms with van der Waals surface area (Å²) in [5.41, 5.74) is -0.0632. The SMILES string of the molecule is O=C(O)CC1(N2CCCCC2)CNC1. The lowest BCUT2D eigenvalue weighted by atomic mass is 9.85. The van der Waals surface area contributed by atoms with E-state index >= 15 is 0 Å². The van der Waals surface area contributed by atoms with Gasteiger partial charge in [-0.1, -0.05) is 6.42 Å². The predicted octanol–water partition coefficient (Wildman–Crippen LogP) is 0.289. The molecule has 0 bridgehead atoms. The average molecular weight is 198 g/mol. The minimum absolute atomic E-state index is 0.0632. The lowest BCUT2D eigenvalue weighted by Gasteiger charge is -2.51. The highest BCUT2D eigenvalue weighted by Crippen LogP contribution is 2.27. The van der Waals surface area contributed by atoms with Crippen molar-refractivity contribution in [3.05, 3.63) is 0 Å². The minimum Gasteiger partial charge on any atom is -0.481 e. The van der Waals surface area contributed by atoms with Crippen LogP contribution in [0.1, 0.15) is 25.7 Å². The number of carboxylic acid groups (broad SMARTS) is 1. The van der Waals surface area contributed by atoms with E-state index in [1.807, 2.05) is 0 Å². The van der Waals surface area contributed by atoms with E-state index in [4.69, 9.17) is 5.11 Å². The Morgan fingerprint density at radius 2 is 1.93 bits per heavy atom. The largest absolute Gasteiger partial charge is 0.481 e. The Morgan fingerprint density at radius 3 is 2.36 bits per heavy atom. The molecule has 0 atom stereocenters. The normalized spacial score (nSPS) is 26.9. The molecule has 2 heterocycles. The lowest BCUT2D eigenvalue weighted by molar-refractivity contribution is -0.142. The average Bonchev–Trinajstić information content (AvgIpc) is 2.12. The number of hydrogen-bond acceptors (Lipinski definition) is 3. The molecule has 0 aromatic carbocycles. The molecule has 0 spiro atoms. The maximum absolute atomic E-state index is 10.8. The summed E-state index contributed by atoms with van der Waals surface area (Å²) in [6.45, 7) is 3.85. The van der Waals surface area contributed by atoms with Crippen LogP contribution in [0.2, 0.25) is 0 Å². The van der Waals surface area contributed by atoms with Crippen molar-refractivity contribution in [2.24, 2.45) is 0 Å². The van der Waals surface area contributed by atoms with Gasteiger partial charge in [0.05, 0.1) is 12.0 Å². The fraction of sp³-hybridized carbons (Fsp3) is 0.900. The van der Waals surface area contributed by atoms with Gasteiger partial charge in [0.1, 0.15) is 0 Å². The van der Waals surface area contributed by atoms with Crippen molar-refractivity contribution in [1.82, 2.24) is 10.2 Å². The first kappa shape index (κ1) is 9.93. The third-order valence-corrected chi connectivity index (χ3v) is 3.42. The number of nitrogens with one attached hydrogen (secondary N) is 1. The van der Waals surface area contributed by atoms with E-state index in [0.717, 1.165) is 26.2 Å². The highest BCUT2D eigenvalue weighted by Gasteiger charge is 2.44. The molecule has 4 nitrogen and oxygen atoms in total. The Labute approximate surface area is 84.3 Å². The third-order valence-electron chi connectivity index (χ3n) is 3.42. The second-order valence-electron chi connectivity index (χ2n) is 4.45. The van der Waals surface area contributed by atoms with Gasteiger partial charge in [0.15, 0.2) is 0 Å². The molecule has 0 radical (unpaired) electrons. The predicted molar refractivity (Wildman–Crippen MR) is 53.3 cm³/mol. The van der Waals surface area contributed by atoms with E-state index in [9.17, 15) is 4.79 Å². The molecule has 2 aliphatic rings. The lowest BCUT2D eigenvalue weighted by Crippen LogP contribution is -2.70. The van der Waals surface area contributed by atoms with Crippen molar-refractivity contribution in [2.45, 2.75) is 31.2 Å². The number of nitrogens with zero attached hydrogens (tertiary/aromatic N) is 1. The maximum Gasteiger partial charge on any atom is 0.305 e. The molecule has 0 amide bonds. The Morgan fingerprint density at radius 1 is 1.29 bits per heavy atom. The van der Waals surface area contributed by atoms with Crippen LogP contribution in [-0.2, 0) is 4.79 Å². The van der Waals surface area contributed by atoms with Crippen LogP contribution in [0.5, 0.6) is 0 Å². The van der Waals surface area contributed by atoms with E-state index in [2.05, 4.69) is 10.2 Å². The Bertz CT molecular complexity index is 220. The smallest absolute Gasteiger partial charge is 0.305 e. The summed E-state index contributed by atoms with van der Waals surface area (Å²) in [4.78, 5) is 13.2. The van der Waals surface area contributed by atoms with Crippen LogP contribution >= 0.6 is 0 Å². The molecular weight excluding hydrogens is 180 g/mol. The molecule has 80 valence electrons. The summed E-state index contributed by atoms with van der Waals surface area (Å²) in [6, 6.07) is 0. The van der Waals surface area contributed by atoms with Gasteiger partial charge in [-0.15, -0.1) is 0 Å². The van der Waals surface area contributed by atoms with E-state index in [0.29, 0.717) is 6.42 Å². The van der Waals surface area contributed by atoms with E-state index in [1.165, 1.54) is 19.3 Å². The molecule has 2 rings (SSSR count). The molecule has 0 aliphatic carbocycles. The monoisotopic (exact) mass is 198 g/mol. The summed E-state index contributed by atoms with van der Waals surface area (Å²) in [5.74, 6) is -0.669.